The van der Waals surface area contributed by atoms with Gasteiger partial charge in [0, 0.05) is 0 Å². The molecule has 1 rings (SSSR count). The highest BCUT2D eigenvalue weighted by atomic mass is 16.3. The Labute approximate surface area is 73.3 Å². The highest BCUT2D eigenvalue weighted by Gasteiger charge is 2.47. The van der Waals surface area contributed by atoms with Crippen LogP contribution in [0.1, 0.15) is 34.1 Å². The third kappa shape index (κ3) is 1.02. The van der Waals surface area contributed by atoms with Crippen LogP contribution in [-0.4, -0.2) is 16.5 Å². The van der Waals surface area contributed by atoms with Crippen LogP contribution < -0.4 is 0 Å². The van der Waals surface area contributed by atoms with E-state index in [1.54, 1.807) is 13.8 Å². The molecular formula is C10H16O2. The van der Waals surface area contributed by atoms with Gasteiger partial charge in [0.15, 0.2) is 5.78 Å². The Kier molecular flexibility index (Phi) is 2.13. The topological polar surface area (TPSA) is 37.3 Å². The van der Waals surface area contributed by atoms with E-state index in [1.165, 1.54) is 0 Å². The zero-order valence-corrected chi connectivity index (χ0v) is 8.14. The van der Waals surface area contributed by atoms with Crippen molar-refractivity contribution < 1.29 is 9.90 Å². The third-order valence-corrected chi connectivity index (χ3v) is 2.82. The molecule has 0 saturated carbocycles. The van der Waals surface area contributed by atoms with Crippen LogP contribution in [-0.2, 0) is 4.79 Å². The molecule has 2 nitrogen and oxygen atoms in total. The molecule has 0 amide bonds. The molecular weight excluding hydrogens is 152 g/mol. The SMILES string of the molecule is CCC(C)C1=C(C)C(=O)C1(C)O. The molecule has 0 aromatic carbocycles. The van der Waals surface area contributed by atoms with E-state index >= 15 is 0 Å². The van der Waals surface area contributed by atoms with Gasteiger partial charge >= 0.3 is 0 Å². The van der Waals surface area contributed by atoms with Crippen molar-refractivity contribution in [2.45, 2.75) is 39.7 Å². The van der Waals surface area contributed by atoms with Crippen LogP contribution in [0.5, 0.6) is 0 Å². The number of carbonyl (C=O) groups excluding carboxylic acids is 1. The van der Waals surface area contributed by atoms with Crippen molar-refractivity contribution in [1.29, 1.82) is 0 Å². The zero-order chi connectivity index (χ0) is 9.52. The largest absolute Gasteiger partial charge is 0.378 e. The van der Waals surface area contributed by atoms with Gasteiger partial charge in [0.25, 0.3) is 0 Å². The lowest BCUT2D eigenvalue weighted by atomic mass is 9.68. The summed E-state index contributed by atoms with van der Waals surface area (Å²) in [6.07, 6.45) is 0.968. The van der Waals surface area contributed by atoms with Crippen LogP contribution in [0.2, 0.25) is 0 Å². The standard InChI is InChI=1S/C10H16O2/c1-5-6(2)8-7(3)9(11)10(8,4)12/h6,12H,5H2,1-4H3. The number of rotatable bonds is 2. The Hall–Kier alpha value is -0.630. The van der Waals surface area contributed by atoms with E-state index in [2.05, 4.69) is 6.92 Å². The molecule has 1 aliphatic rings. The molecule has 1 aliphatic carbocycles. The lowest BCUT2D eigenvalue weighted by Crippen LogP contribution is -2.49. The smallest absolute Gasteiger partial charge is 0.194 e. The summed E-state index contributed by atoms with van der Waals surface area (Å²) in [4.78, 5) is 11.2. The van der Waals surface area contributed by atoms with E-state index in [4.69, 9.17) is 0 Å². The van der Waals surface area contributed by atoms with E-state index in [-0.39, 0.29) is 5.78 Å². The Balaban J connectivity index is 2.99. The Morgan fingerprint density at radius 2 is 2.08 bits per heavy atom. The van der Waals surface area contributed by atoms with Crippen LogP contribution in [0.3, 0.4) is 0 Å². The maximum atomic E-state index is 11.2. The molecule has 12 heavy (non-hydrogen) atoms. The molecule has 0 heterocycles. The van der Waals surface area contributed by atoms with Crippen molar-refractivity contribution in [3.8, 4) is 0 Å². The van der Waals surface area contributed by atoms with Crippen LogP contribution in [0, 0.1) is 5.92 Å². The summed E-state index contributed by atoms with van der Waals surface area (Å²) in [7, 11) is 0. The van der Waals surface area contributed by atoms with Gasteiger partial charge in [-0.3, -0.25) is 4.79 Å². The first-order chi connectivity index (χ1) is 5.42. The van der Waals surface area contributed by atoms with Crippen molar-refractivity contribution in [3.05, 3.63) is 11.1 Å². The number of hydrogen-bond donors (Lipinski definition) is 1. The molecule has 1 N–H and O–H groups in total. The fourth-order valence-corrected chi connectivity index (χ4v) is 1.97. The molecule has 0 aliphatic heterocycles. The molecule has 68 valence electrons. The average molecular weight is 168 g/mol. The van der Waals surface area contributed by atoms with Crippen LogP contribution in [0.15, 0.2) is 11.1 Å². The van der Waals surface area contributed by atoms with Gasteiger partial charge in [0.05, 0.1) is 0 Å². The minimum atomic E-state index is -1.17. The van der Waals surface area contributed by atoms with Crippen LogP contribution in [0.4, 0.5) is 0 Å². The van der Waals surface area contributed by atoms with Gasteiger partial charge in [0.1, 0.15) is 5.60 Å². The molecule has 2 heteroatoms. The minimum absolute atomic E-state index is 0.113. The fraction of sp³-hybridized carbons (Fsp3) is 0.700. The number of hydrogen-bond acceptors (Lipinski definition) is 2. The quantitative estimate of drug-likeness (QED) is 0.681. The van der Waals surface area contributed by atoms with Crippen molar-refractivity contribution in [3.63, 3.8) is 0 Å². The minimum Gasteiger partial charge on any atom is -0.378 e. The van der Waals surface area contributed by atoms with Crippen LogP contribution in [0.25, 0.3) is 0 Å². The highest BCUT2D eigenvalue weighted by Crippen LogP contribution is 2.40. The zero-order valence-electron chi connectivity index (χ0n) is 8.14. The summed E-state index contributed by atoms with van der Waals surface area (Å²) in [6, 6.07) is 0. The number of Topliss-reactive ketones (excluding diaryl/α,β-unsaturated/α-hetero) is 1. The van der Waals surface area contributed by atoms with Crippen molar-refractivity contribution in [1.82, 2.24) is 0 Å². The van der Waals surface area contributed by atoms with Gasteiger partial charge < -0.3 is 5.11 Å². The van der Waals surface area contributed by atoms with Crippen molar-refractivity contribution >= 4 is 5.78 Å². The Morgan fingerprint density at radius 1 is 1.58 bits per heavy atom. The second kappa shape index (κ2) is 2.70. The molecule has 0 bridgehead atoms. The van der Waals surface area contributed by atoms with E-state index < -0.39 is 5.60 Å². The Morgan fingerprint density at radius 3 is 2.42 bits per heavy atom. The molecule has 0 spiro atoms. The fourth-order valence-electron chi connectivity index (χ4n) is 1.97. The molecule has 0 aromatic heterocycles. The molecule has 0 aromatic rings. The highest BCUT2D eigenvalue weighted by molar-refractivity contribution is 6.11. The van der Waals surface area contributed by atoms with Crippen molar-refractivity contribution in [2.75, 3.05) is 0 Å². The summed E-state index contributed by atoms with van der Waals surface area (Å²) >= 11 is 0. The van der Waals surface area contributed by atoms with E-state index in [0.29, 0.717) is 5.92 Å². The van der Waals surface area contributed by atoms with Gasteiger partial charge in [-0.25, -0.2) is 0 Å². The normalized spacial score (nSPS) is 31.9. The molecule has 0 saturated heterocycles. The number of aliphatic hydroxyl groups is 1. The first kappa shape index (κ1) is 9.46. The lowest BCUT2D eigenvalue weighted by Gasteiger charge is -2.39. The predicted octanol–water partition coefficient (Wildman–Crippen LogP) is 1.68. The van der Waals surface area contributed by atoms with Crippen LogP contribution >= 0.6 is 0 Å². The first-order valence-electron chi connectivity index (χ1n) is 4.41. The molecule has 2 unspecified atom stereocenters. The predicted molar refractivity (Wildman–Crippen MR) is 47.8 cm³/mol. The third-order valence-electron chi connectivity index (χ3n) is 2.82. The van der Waals surface area contributed by atoms with E-state index in [9.17, 15) is 9.90 Å². The average Bonchev–Trinajstić information content (AvgIpc) is 2.03. The monoisotopic (exact) mass is 168 g/mol. The van der Waals surface area contributed by atoms with Gasteiger partial charge in [-0.1, -0.05) is 13.8 Å². The van der Waals surface area contributed by atoms with Gasteiger partial charge in [-0.05, 0) is 37.3 Å². The lowest BCUT2D eigenvalue weighted by molar-refractivity contribution is -0.133. The van der Waals surface area contributed by atoms with Gasteiger partial charge in [0.2, 0.25) is 0 Å². The Bertz CT molecular complexity index is 249. The van der Waals surface area contributed by atoms with E-state index in [0.717, 1.165) is 17.6 Å². The maximum Gasteiger partial charge on any atom is 0.194 e. The summed E-state index contributed by atoms with van der Waals surface area (Å²) in [5, 5.41) is 9.71. The van der Waals surface area contributed by atoms with Crippen molar-refractivity contribution in [2.24, 2.45) is 5.92 Å². The summed E-state index contributed by atoms with van der Waals surface area (Å²) in [5.74, 6) is 0.204. The summed E-state index contributed by atoms with van der Waals surface area (Å²) < 4.78 is 0. The molecule has 0 fully saturated rings. The second-order valence-corrected chi connectivity index (χ2v) is 3.75. The number of ketones is 1. The maximum absolute atomic E-state index is 11.2. The van der Waals surface area contributed by atoms with Gasteiger partial charge in [-0.15, -0.1) is 0 Å². The summed E-state index contributed by atoms with van der Waals surface area (Å²) in [6.45, 7) is 7.48. The second-order valence-electron chi connectivity index (χ2n) is 3.75. The van der Waals surface area contributed by atoms with E-state index in [1.807, 2.05) is 6.92 Å². The van der Waals surface area contributed by atoms with Gasteiger partial charge in [-0.2, -0.15) is 0 Å². The molecule has 2 atom stereocenters. The summed E-state index contributed by atoms with van der Waals surface area (Å²) in [5.41, 5.74) is 0.517. The number of carbonyl (C=O) groups is 1. The molecule has 0 radical (unpaired) electrons. The first-order valence-corrected chi connectivity index (χ1v) is 4.41.